The molecule has 0 unspecified atom stereocenters. The number of imidazole rings is 1. The third-order valence-corrected chi connectivity index (χ3v) is 7.02. The van der Waals surface area contributed by atoms with Crippen LogP contribution in [0.4, 0.5) is 0 Å². The predicted octanol–water partition coefficient (Wildman–Crippen LogP) is 4.06. The minimum Gasteiger partial charge on any atom is -0.489 e. The largest absolute Gasteiger partial charge is 0.489 e. The Balaban J connectivity index is 1.21. The molecular formula is C28H28N4O4. The molecule has 4 aromatic rings. The first-order valence-electron chi connectivity index (χ1n) is 12.3. The lowest BCUT2D eigenvalue weighted by Crippen LogP contribution is -2.34. The lowest BCUT2D eigenvalue weighted by Gasteiger charge is -2.30. The van der Waals surface area contributed by atoms with E-state index in [1.807, 2.05) is 24.4 Å². The topological polar surface area (TPSA) is 89.7 Å². The molecule has 0 aliphatic carbocycles. The fraction of sp³-hybridized carbons (Fsp3) is 0.321. The van der Waals surface area contributed by atoms with E-state index in [4.69, 9.17) is 14.5 Å². The lowest BCUT2D eigenvalue weighted by atomic mass is 9.99. The maximum atomic E-state index is 11.6. The van der Waals surface area contributed by atoms with E-state index in [1.165, 1.54) is 11.1 Å². The number of nitrogens with zero attached hydrogens (tertiary/aromatic N) is 4. The van der Waals surface area contributed by atoms with Gasteiger partial charge in [-0.2, -0.15) is 0 Å². The van der Waals surface area contributed by atoms with Crippen molar-refractivity contribution in [2.45, 2.75) is 45.2 Å². The van der Waals surface area contributed by atoms with E-state index in [9.17, 15) is 9.90 Å². The zero-order valence-electron chi connectivity index (χ0n) is 20.0. The van der Waals surface area contributed by atoms with Gasteiger partial charge in [0.2, 0.25) is 0 Å². The molecule has 0 saturated carbocycles. The first-order valence-corrected chi connectivity index (χ1v) is 12.3. The zero-order chi connectivity index (χ0) is 24.5. The Labute approximate surface area is 209 Å². The average Bonchev–Trinajstić information content (AvgIpc) is 3.21. The van der Waals surface area contributed by atoms with Gasteiger partial charge in [0.05, 0.1) is 35.8 Å². The predicted molar refractivity (Wildman–Crippen MR) is 134 cm³/mol. The van der Waals surface area contributed by atoms with Crippen LogP contribution < -0.4 is 4.74 Å². The van der Waals surface area contributed by atoms with Crippen molar-refractivity contribution in [2.75, 3.05) is 13.2 Å². The van der Waals surface area contributed by atoms with Crippen molar-refractivity contribution >= 4 is 17.0 Å². The monoisotopic (exact) mass is 484 g/mol. The Morgan fingerprint density at radius 1 is 1.17 bits per heavy atom. The highest BCUT2D eigenvalue weighted by atomic mass is 16.5. The maximum Gasteiger partial charge on any atom is 0.335 e. The van der Waals surface area contributed by atoms with Gasteiger partial charge in [0.25, 0.3) is 0 Å². The van der Waals surface area contributed by atoms with Gasteiger partial charge in [-0.1, -0.05) is 12.1 Å². The van der Waals surface area contributed by atoms with Gasteiger partial charge >= 0.3 is 5.97 Å². The van der Waals surface area contributed by atoms with E-state index in [0.29, 0.717) is 19.7 Å². The molecule has 1 fully saturated rings. The SMILES string of the molecule is O=C(O)c1ccc2nc(CN3CCc4ccc(OCc5cccnc5)cc4C3)n(C[C@@H]3CCO3)c2c1. The fourth-order valence-electron chi connectivity index (χ4n) is 4.93. The number of hydrogen-bond acceptors (Lipinski definition) is 6. The van der Waals surface area contributed by atoms with E-state index in [0.717, 1.165) is 60.7 Å². The second-order valence-electron chi connectivity index (χ2n) is 9.47. The Morgan fingerprint density at radius 3 is 2.86 bits per heavy atom. The van der Waals surface area contributed by atoms with Crippen LogP contribution in [0.15, 0.2) is 60.9 Å². The van der Waals surface area contributed by atoms with Gasteiger partial charge in [-0.15, -0.1) is 0 Å². The third-order valence-electron chi connectivity index (χ3n) is 7.02. The van der Waals surface area contributed by atoms with Crippen LogP contribution in [0.25, 0.3) is 11.0 Å². The molecule has 0 spiro atoms. The molecule has 0 radical (unpaired) electrons. The number of ether oxygens (including phenoxy) is 2. The number of pyridine rings is 1. The molecule has 8 nitrogen and oxygen atoms in total. The summed E-state index contributed by atoms with van der Waals surface area (Å²) in [5.41, 5.74) is 5.60. The van der Waals surface area contributed by atoms with Crippen molar-refractivity contribution in [3.05, 3.63) is 89.0 Å². The first-order chi connectivity index (χ1) is 17.6. The van der Waals surface area contributed by atoms with Crippen LogP contribution in [0, 0.1) is 0 Å². The number of carboxylic acids is 1. The van der Waals surface area contributed by atoms with E-state index in [-0.39, 0.29) is 11.7 Å². The molecule has 6 rings (SSSR count). The van der Waals surface area contributed by atoms with Gasteiger partial charge in [0.15, 0.2) is 0 Å². The van der Waals surface area contributed by atoms with Crippen LogP contribution in [0.5, 0.6) is 5.75 Å². The highest BCUT2D eigenvalue weighted by Crippen LogP contribution is 2.27. The minimum absolute atomic E-state index is 0.149. The summed E-state index contributed by atoms with van der Waals surface area (Å²) < 4.78 is 13.9. The van der Waals surface area contributed by atoms with Crippen LogP contribution in [-0.4, -0.2) is 49.8 Å². The van der Waals surface area contributed by atoms with Crippen molar-refractivity contribution in [1.82, 2.24) is 19.4 Å². The van der Waals surface area contributed by atoms with Crippen molar-refractivity contribution in [3.8, 4) is 5.75 Å². The highest BCUT2D eigenvalue weighted by molar-refractivity contribution is 5.92. The van der Waals surface area contributed by atoms with Gasteiger partial charge in [-0.3, -0.25) is 9.88 Å². The van der Waals surface area contributed by atoms with Gasteiger partial charge < -0.3 is 19.1 Å². The molecule has 1 saturated heterocycles. The summed E-state index contributed by atoms with van der Waals surface area (Å²) in [5, 5.41) is 9.48. The molecule has 8 heteroatoms. The number of hydrogen-bond donors (Lipinski definition) is 1. The summed E-state index contributed by atoms with van der Waals surface area (Å²) in [6, 6.07) is 15.4. The number of benzene rings is 2. The molecule has 2 aliphatic heterocycles. The van der Waals surface area contributed by atoms with Gasteiger partial charge in [-0.05, 0) is 60.4 Å². The number of aromatic carboxylic acids is 1. The van der Waals surface area contributed by atoms with Crippen molar-refractivity contribution in [1.29, 1.82) is 0 Å². The normalized spacial score (nSPS) is 17.5. The van der Waals surface area contributed by atoms with Crippen LogP contribution >= 0.6 is 0 Å². The summed E-state index contributed by atoms with van der Waals surface area (Å²) in [5.74, 6) is 0.866. The zero-order valence-corrected chi connectivity index (χ0v) is 20.0. The molecule has 1 N–H and O–H groups in total. The number of aromatic nitrogens is 3. The average molecular weight is 485 g/mol. The first kappa shape index (κ1) is 22.7. The molecule has 2 aromatic heterocycles. The summed E-state index contributed by atoms with van der Waals surface area (Å²) in [7, 11) is 0. The summed E-state index contributed by atoms with van der Waals surface area (Å²) in [6.45, 7) is 4.38. The molecule has 36 heavy (non-hydrogen) atoms. The Bertz CT molecular complexity index is 1400. The number of rotatable bonds is 8. The molecule has 2 aromatic carbocycles. The second-order valence-corrected chi connectivity index (χ2v) is 9.47. The summed E-state index contributed by atoms with van der Waals surface area (Å²) in [4.78, 5) is 23.0. The summed E-state index contributed by atoms with van der Waals surface area (Å²) >= 11 is 0. The third kappa shape index (κ3) is 4.69. The van der Waals surface area contributed by atoms with Crippen LogP contribution in [0.3, 0.4) is 0 Å². The molecule has 0 bridgehead atoms. The van der Waals surface area contributed by atoms with Crippen LogP contribution in [0.2, 0.25) is 0 Å². The van der Waals surface area contributed by atoms with Gasteiger partial charge in [-0.25, -0.2) is 9.78 Å². The van der Waals surface area contributed by atoms with E-state index < -0.39 is 5.97 Å². The quantitative estimate of drug-likeness (QED) is 0.403. The maximum absolute atomic E-state index is 11.6. The van der Waals surface area contributed by atoms with E-state index in [2.05, 4.69) is 26.6 Å². The van der Waals surface area contributed by atoms with Crippen molar-refractivity contribution in [2.24, 2.45) is 0 Å². The number of carbonyl (C=O) groups is 1. The molecule has 2 aliphatic rings. The molecular weight excluding hydrogens is 456 g/mol. The molecule has 4 heterocycles. The second kappa shape index (κ2) is 9.72. The van der Waals surface area contributed by atoms with Crippen molar-refractivity contribution in [3.63, 3.8) is 0 Å². The Hall–Kier alpha value is -3.75. The number of carboxylic acid groups (broad SMARTS) is 1. The van der Waals surface area contributed by atoms with E-state index in [1.54, 1.807) is 24.4 Å². The van der Waals surface area contributed by atoms with Crippen molar-refractivity contribution < 1.29 is 19.4 Å². The van der Waals surface area contributed by atoms with Crippen LogP contribution in [0.1, 0.15) is 39.3 Å². The van der Waals surface area contributed by atoms with Gasteiger partial charge in [0.1, 0.15) is 18.2 Å². The summed E-state index contributed by atoms with van der Waals surface area (Å²) in [6.07, 6.45) is 5.70. The Kier molecular flexibility index (Phi) is 6.13. The van der Waals surface area contributed by atoms with Crippen LogP contribution in [-0.2, 0) is 37.4 Å². The molecule has 184 valence electrons. The molecule has 1 atom stereocenters. The minimum atomic E-state index is -0.930. The Morgan fingerprint density at radius 2 is 2.08 bits per heavy atom. The van der Waals surface area contributed by atoms with E-state index >= 15 is 0 Å². The molecule has 0 amide bonds. The standard InChI is InChI=1S/C28H28N4O4/c33-28(34)21-4-6-25-26(13-21)32(16-24-8-11-35-24)27(30-25)17-31-10-7-20-3-5-23(12-22(20)15-31)36-18-19-2-1-9-29-14-19/h1-6,9,12-14,24H,7-8,10-11,15-18H2,(H,33,34)/t24-/m0/s1. The smallest absolute Gasteiger partial charge is 0.335 e. The fourth-order valence-corrected chi connectivity index (χ4v) is 4.93. The number of fused-ring (bicyclic) bond motifs is 2. The van der Waals surface area contributed by atoms with Gasteiger partial charge in [0, 0.05) is 37.7 Å². The lowest BCUT2D eigenvalue weighted by molar-refractivity contribution is -0.0592. The highest BCUT2D eigenvalue weighted by Gasteiger charge is 2.24.